The lowest BCUT2D eigenvalue weighted by molar-refractivity contribution is -0.114. The molecule has 0 radical (unpaired) electrons. The Bertz CT molecular complexity index is 921. The van der Waals surface area contributed by atoms with E-state index < -0.39 is 0 Å². The number of amides is 3. The Morgan fingerprint density at radius 3 is 2.35 bits per heavy atom. The average Bonchev–Trinajstić information content (AvgIpc) is 3.32. The van der Waals surface area contributed by atoms with Crippen molar-refractivity contribution >= 4 is 29.1 Å². The molecule has 1 aliphatic heterocycles. The van der Waals surface area contributed by atoms with Crippen molar-refractivity contribution in [2.45, 2.75) is 39.2 Å². The van der Waals surface area contributed by atoms with Crippen LogP contribution in [-0.4, -0.2) is 48.3 Å². The summed E-state index contributed by atoms with van der Waals surface area (Å²) in [6.07, 6.45) is 2.95. The number of anilines is 2. The lowest BCUT2D eigenvalue weighted by atomic mass is 10.1. The summed E-state index contributed by atoms with van der Waals surface area (Å²) in [5.74, 6) is -0.324. The van der Waals surface area contributed by atoms with Gasteiger partial charge in [0.1, 0.15) is 0 Å². The SMILES string of the molecule is CCC(C)NC(=O)c1ccc(NCC(=O)Nc2cccc(C(=O)N3CCCC3)c2)cc1. The van der Waals surface area contributed by atoms with Crippen LogP contribution < -0.4 is 16.0 Å². The summed E-state index contributed by atoms with van der Waals surface area (Å²) in [5.41, 5.74) is 2.50. The molecular formula is C24H30N4O3. The molecule has 2 aromatic carbocycles. The second kappa shape index (κ2) is 10.6. The van der Waals surface area contributed by atoms with Gasteiger partial charge in [-0.25, -0.2) is 0 Å². The number of carbonyl (C=O) groups excluding carboxylic acids is 3. The van der Waals surface area contributed by atoms with Crippen molar-refractivity contribution in [3.63, 3.8) is 0 Å². The standard InChI is InChI=1S/C24H30N4O3/c1-3-17(2)26-23(30)18-9-11-20(12-10-18)25-16-22(29)27-21-8-6-7-19(15-21)24(31)28-13-4-5-14-28/h6-12,15,17,25H,3-5,13-14,16H2,1-2H3,(H,26,30)(H,27,29). The highest BCUT2D eigenvalue weighted by Crippen LogP contribution is 2.16. The van der Waals surface area contributed by atoms with Crippen LogP contribution in [0, 0.1) is 0 Å². The van der Waals surface area contributed by atoms with Gasteiger partial charge in [0.15, 0.2) is 0 Å². The van der Waals surface area contributed by atoms with E-state index in [1.54, 1.807) is 48.5 Å². The molecule has 31 heavy (non-hydrogen) atoms. The third-order valence-corrected chi connectivity index (χ3v) is 5.38. The Morgan fingerprint density at radius 1 is 0.968 bits per heavy atom. The van der Waals surface area contributed by atoms with E-state index >= 15 is 0 Å². The third-order valence-electron chi connectivity index (χ3n) is 5.38. The summed E-state index contributed by atoms with van der Waals surface area (Å²) in [4.78, 5) is 38.8. The van der Waals surface area contributed by atoms with Crippen molar-refractivity contribution in [3.8, 4) is 0 Å². The maximum atomic E-state index is 12.5. The Balaban J connectivity index is 1.50. The number of nitrogens with one attached hydrogen (secondary N) is 3. The molecule has 1 atom stereocenters. The zero-order chi connectivity index (χ0) is 22.2. The molecule has 7 heteroatoms. The first-order chi connectivity index (χ1) is 15.0. The van der Waals surface area contributed by atoms with E-state index in [0.717, 1.165) is 38.0 Å². The molecule has 1 unspecified atom stereocenters. The summed E-state index contributed by atoms with van der Waals surface area (Å²) in [5, 5.41) is 8.79. The van der Waals surface area contributed by atoms with Gasteiger partial charge >= 0.3 is 0 Å². The van der Waals surface area contributed by atoms with E-state index in [9.17, 15) is 14.4 Å². The van der Waals surface area contributed by atoms with Gasteiger partial charge in [-0.1, -0.05) is 13.0 Å². The van der Waals surface area contributed by atoms with Crippen molar-refractivity contribution in [2.24, 2.45) is 0 Å². The molecule has 164 valence electrons. The van der Waals surface area contributed by atoms with Crippen molar-refractivity contribution in [3.05, 3.63) is 59.7 Å². The van der Waals surface area contributed by atoms with Gasteiger partial charge in [-0.3, -0.25) is 14.4 Å². The van der Waals surface area contributed by atoms with Crippen LogP contribution in [0.1, 0.15) is 53.8 Å². The highest BCUT2D eigenvalue weighted by molar-refractivity contribution is 5.98. The lowest BCUT2D eigenvalue weighted by Crippen LogP contribution is -2.31. The minimum atomic E-state index is -0.218. The van der Waals surface area contributed by atoms with Crippen LogP contribution in [0.4, 0.5) is 11.4 Å². The van der Waals surface area contributed by atoms with Gasteiger partial charge in [-0.05, 0) is 68.7 Å². The van der Waals surface area contributed by atoms with Crippen molar-refractivity contribution < 1.29 is 14.4 Å². The Kier molecular flexibility index (Phi) is 7.65. The monoisotopic (exact) mass is 422 g/mol. The number of nitrogens with zero attached hydrogens (tertiary/aromatic N) is 1. The zero-order valence-electron chi connectivity index (χ0n) is 18.1. The topological polar surface area (TPSA) is 90.5 Å². The van der Waals surface area contributed by atoms with Crippen LogP contribution in [-0.2, 0) is 4.79 Å². The van der Waals surface area contributed by atoms with Gasteiger partial charge < -0.3 is 20.9 Å². The fourth-order valence-corrected chi connectivity index (χ4v) is 3.37. The van der Waals surface area contributed by atoms with Crippen molar-refractivity contribution in [1.82, 2.24) is 10.2 Å². The second-order valence-electron chi connectivity index (χ2n) is 7.84. The highest BCUT2D eigenvalue weighted by atomic mass is 16.2. The van der Waals surface area contributed by atoms with Crippen LogP contribution in [0.25, 0.3) is 0 Å². The van der Waals surface area contributed by atoms with E-state index in [2.05, 4.69) is 16.0 Å². The molecule has 1 fully saturated rings. The van der Waals surface area contributed by atoms with Crippen molar-refractivity contribution in [1.29, 1.82) is 0 Å². The number of benzene rings is 2. The normalized spacial score (nSPS) is 14.1. The lowest BCUT2D eigenvalue weighted by Gasteiger charge is -2.16. The molecule has 1 heterocycles. The van der Waals surface area contributed by atoms with Crippen LogP contribution in [0.15, 0.2) is 48.5 Å². The fourth-order valence-electron chi connectivity index (χ4n) is 3.37. The van der Waals surface area contributed by atoms with Gasteiger partial charge in [0.2, 0.25) is 5.91 Å². The first-order valence-electron chi connectivity index (χ1n) is 10.8. The molecule has 0 aliphatic carbocycles. The summed E-state index contributed by atoms with van der Waals surface area (Å²) in [6.45, 7) is 5.63. The van der Waals surface area contributed by atoms with Gasteiger partial charge in [-0.15, -0.1) is 0 Å². The predicted molar refractivity (Wildman–Crippen MR) is 122 cm³/mol. The number of rotatable bonds is 8. The smallest absolute Gasteiger partial charge is 0.253 e. The molecule has 3 amide bonds. The van der Waals surface area contributed by atoms with Gasteiger partial charge in [-0.2, -0.15) is 0 Å². The van der Waals surface area contributed by atoms with Gasteiger partial charge in [0.05, 0.1) is 6.54 Å². The molecule has 1 aliphatic rings. The molecule has 1 saturated heterocycles. The summed E-state index contributed by atoms with van der Waals surface area (Å²) in [7, 11) is 0. The third kappa shape index (κ3) is 6.31. The van der Waals surface area contributed by atoms with Crippen LogP contribution in [0.2, 0.25) is 0 Å². The van der Waals surface area contributed by atoms with E-state index in [-0.39, 0.29) is 30.3 Å². The molecule has 3 rings (SSSR count). The Morgan fingerprint density at radius 2 is 1.68 bits per heavy atom. The molecular weight excluding hydrogens is 392 g/mol. The second-order valence-corrected chi connectivity index (χ2v) is 7.84. The van der Waals surface area contributed by atoms with Crippen LogP contribution in [0.5, 0.6) is 0 Å². The molecule has 0 aromatic heterocycles. The number of likely N-dealkylation sites (tertiary alicyclic amines) is 1. The fraction of sp³-hybridized carbons (Fsp3) is 0.375. The van der Waals surface area contributed by atoms with E-state index in [4.69, 9.17) is 0 Å². The minimum absolute atomic E-state index is 0.00387. The van der Waals surface area contributed by atoms with Crippen molar-refractivity contribution in [2.75, 3.05) is 30.3 Å². The maximum absolute atomic E-state index is 12.5. The average molecular weight is 423 g/mol. The van der Waals surface area contributed by atoms with E-state index in [1.807, 2.05) is 18.7 Å². The number of hydrogen-bond donors (Lipinski definition) is 3. The zero-order valence-corrected chi connectivity index (χ0v) is 18.1. The Hall–Kier alpha value is -3.35. The molecule has 0 bridgehead atoms. The first kappa shape index (κ1) is 22.3. The quantitative estimate of drug-likeness (QED) is 0.607. The summed E-state index contributed by atoms with van der Waals surface area (Å²) in [6, 6.07) is 14.1. The first-order valence-corrected chi connectivity index (χ1v) is 10.8. The molecule has 2 aromatic rings. The summed E-state index contributed by atoms with van der Waals surface area (Å²) >= 11 is 0. The Labute approximate surface area is 183 Å². The van der Waals surface area contributed by atoms with E-state index in [0.29, 0.717) is 16.8 Å². The molecule has 3 N–H and O–H groups in total. The van der Waals surface area contributed by atoms with Crippen LogP contribution in [0.3, 0.4) is 0 Å². The minimum Gasteiger partial charge on any atom is -0.376 e. The molecule has 0 spiro atoms. The summed E-state index contributed by atoms with van der Waals surface area (Å²) < 4.78 is 0. The van der Waals surface area contributed by atoms with Crippen LogP contribution >= 0.6 is 0 Å². The largest absolute Gasteiger partial charge is 0.376 e. The van der Waals surface area contributed by atoms with E-state index in [1.165, 1.54) is 0 Å². The molecule has 7 nitrogen and oxygen atoms in total. The number of hydrogen-bond acceptors (Lipinski definition) is 4. The van der Waals surface area contributed by atoms with Gasteiger partial charge in [0, 0.05) is 41.6 Å². The molecule has 0 saturated carbocycles. The highest BCUT2D eigenvalue weighted by Gasteiger charge is 2.19. The maximum Gasteiger partial charge on any atom is 0.253 e. The van der Waals surface area contributed by atoms with Gasteiger partial charge in [0.25, 0.3) is 11.8 Å². The number of carbonyl (C=O) groups is 3. The predicted octanol–water partition coefficient (Wildman–Crippen LogP) is 3.50.